The summed E-state index contributed by atoms with van der Waals surface area (Å²) in [6.07, 6.45) is 1.60. The van der Waals surface area contributed by atoms with Crippen molar-refractivity contribution in [2.24, 2.45) is 0 Å². The highest BCUT2D eigenvalue weighted by Gasteiger charge is 2.13. The van der Waals surface area contributed by atoms with Gasteiger partial charge in [-0.3, -0.25) is 4.79 Å². The van der Waals surface area contributed by atoms with Gasteiger partial charge in [0, 0.05) is 0 Å². The summed E-state index contributed by atoms with van der Waals surface area (Å²) in [6, 6.07) is 21.0. The van der Waals surface area contributed by atoms with E-state index in [-0.39, 0.29) is 5.57 Å². The monoisotopic (exact) mass is 346 g/mol. The minimum atomic E-state index is -0.480. The molecule has 0 unspecified atom stereocenters. The third-order valence-corrected chi connectivity index (χ3v) is 4.26. The lowest BCUT2D eigenvalue weighted by Crippen LogP contribution is -2.14. The molecule has 3 nitrogen and oxygen atoms in total. The Bertz CT molecular complexity index is 1010. The maximum Gasteiger partial charge on any atom is 0.266 e. The molecule has 0 aromatic heterocycles. The first-order valence-corrected chi connectivity index (χ1v) is 8.14. The van der Waals surface area contributed by atoms with Gasteiger partial charge < -0.3 is 5.32 Å². The van der Waals surface area contributed by atoms with Gasteiger partial charge in [0.05, 0.1) is 10.7 Å². The maximum atomic E-state index is 12.5. The molecule has 0 spiro atoms. The Labute approximate surface area is 151 Å². The number of carbonyl (C=O) groups is 1. The van der Waals surface area contributed by atoms with Crippen molar-refractivity contribution in [2.75, 3.05) is 5.32 Å². The number of carbonyl (C=O) groups excluding carboxylic acids is 1. The molecular weight excluding hydrogens is 332 g/mol. The van der Waals surface area contributed by atoms with Gasteiger partial charge in [-0.1, -0.05) is 66.2 Å². The summed E-state index contributed by atoms with van der Waals surface area (Å²) in [4.78, 5) is 12.5. The van der Waals surface area contributed by atoms with Crippen LogP contribution >= 0.6 is 11.6 Å². The molecule has 1 N–H and O–H groups in total. The number of para-hydroxylation sites is 1. The lowest BCUT2D eigenvalue weighted by Gasteiger charge is -2.10. The number of benzene rings is 3. The van der Waals surface area contributed by atoms with Gasteiger partial charge in [-0.2, -0.15) is 5.26 Å². The Kier molecular flexibility index (Phi) is 4.83. The molecule has 3 rings (SSSR count). The number of nitrogens with zero attached hydrogens (tertiary/aromatic N) is 1. The summed E-state index contributed by atoms with van der Waals surface area (Å²) in [6.45, 7) is 1.85. The van der Waals surface area contributed by atoms with E-state index in [9.17, 15) is 10.1 Å². The largest absolute Gasteiger partial charge is 0.320 e. The van der Waals surface area contributed by atoms with Crippen molar-refractivity contribution in [3.63, 3.8) is 0 Å². The standard InChI is InChI=1S/C21H15ClN2O/c1-14-6-4-11-19(22)20(14)24-21(25)17(13-23)12-16-9-5-8-15-7-2-3-10-18(15)16/h2-12H,1H3,(H,24,25)/b17-12+. The molecule has 0 atom stereocenters. The fraction of sp³-hybridized carbons (Fsp3) is 0.0476. The zero-order valence-corrected chi connectivity index (χ0v) is 14.3. The number of hydrogen-bond donors (Lipinski definition) is 1. The number of aryl methyl sites for hydroxylation is 1. The quantitative estimate of drug-likeness (QED) is 0.513. The third kappa shape index (κ3) is 3.55. The average molecular weight is 347 g/mol. The van der Waals surface area contributed by atoms with Crippen molar-refractivity contribution in [2.45, 2.75) is 6.92 Å². The Morgan fingerprint density at radius 2 is 1.80 bits per heavy atom. The van der Waals surface area contributed by atoms with Crippen molar-refractivity contribution in [3.05, 3.63) is 82.4 Å². The third-order valence-electron chi connectivity index (χ3n) is 3.95. The van der Waals surface area contributed by atoms with Gasteiger partial charge in [-0.15, -0.1) is 0 Å². The molecular formula is C21H15ClN2O. The number of nitrogens with one attached hydrogen (secondary N) is 1. The second-order valence-electron chi connectivity index (χ2n) is 5.62. The minimum absolute atomic E-state index is 0.0238. The van der Waals surface area contributed by atoms with Gasteiger partial charge in [0.2, 0.25) is 0 Å². The van der Waals surface area contributed by atoms with Crippen LogP contribution in [-0.4, -0.2) is 5.91 Å². The molecule has 4 heteroatoms. The van der Waals surface area contributed by atoms with E-state index in [0.717, 1.165) is 21.9 Å². The molecule has 0 heterocycles. The van der Waals surface area contributed by atoms with Gasteiger partial charge in [0.1, 0.15) is 11.6 Å². The minimum Gasteiger partial charge on any atom is -0.320 e. The van der Waals surface area contributed by atoms with E-state index in [0.29, 0.717) is 10.7 Å². The normalized spacial score (nSPS) is 11.2. The van der Waals surface area contributed by atoms with Crippen LogP contribution in [0.25, 0.3) is 16.8 Å². The highest BCUT2D eigenvalue weighted by Crippen LogP contribution is 2.26. The lowest BCUT2D eigenvalue weighted by atomic mass is 10.0. The number of halogens is 1. The van der Waals surface area contributed by atoms with Crippen molar-refractivity contribution in [3.8, 4) is 6.07 Å². The first kappa shape index (κ1) is 16.8. The van der Waals surface area contributed by atoms with Gasteiger partial charge in [-0.05, 0) is 41.0 Å². The Morgan fingerprint density at radius 1 is 1.08 bits per heavy atom. The van der Waals surface area contributed by atoms with Gasteiger partial charge in [0.25, 0.3) is 5.91 Å². The van der Waals surface area contributed by atoms with Crippen molar-refractivity contribution in [1.29, 1.82) is 5.26 Å². The molecule has 0 fully saturated rings. The predicted octanol–water partition coefficient (Wildman–Crippen LogP) is 5.35. The zero-order valence-electron chi connectivity index (χ0n) is 13.6. The van der Waals surface area contributed by atoms with Crippen LogP contribution in [-0.2, 0) is 4.79 Å². The Hall–Kier alpha value is -3.09. The fourth-order valence-electron chi connectivity index (χ4n) is 2.65. The van der Waals surface area contributed by atoms with E-state index in [2.05, 4.69) is 5.32 Å². The van der Waals surface area contributed by atoms with Gasteiger partial charge in [0.15, 0.2) is 0 Å². The summed E-state index contributed by atoms with van der Waals surface area (Å²) in [7, 11) is 0. The molecule has 0 bridgehead atoms. The number of anilines is 1. The second kappa shape index (κ2) is 7.21. The van der Waals surface area contributed by atoms with E-state index >= 15 is 0 Å². The number of fused-ring (bicyclic) bond motifs is 1. The highest BCUT2D eigenvalue weighted by atomic mass is 35.5. The van der Waals surface area contributed by atoms with E-state index in [1.807, 2.05) is 67.6 Å². The van der Waals surface area contributed by atoms with Crippen LogP contribution in [0.1, 0.15) is 11.1 Å². The first-order chi connectivity index (χ1) is 12.1. The number of amides is 1. The van der Waals surface area contributed by atoms with Crippen molar-refractivity contribution >= 4 is 40.0 Å². The van der Waals surface area contributed by atoms with Crippen LogP contribution < -0.4 is 5.32 Å². The fourth-order valence-corrected chi connectivity index (χ4v) is 2.92. The van der Waals surface area contributed by atoms with E-state index < -0.39 is 5.91 Å². The molecule has 3 aromatic carbocycles. The molecule has 25 heavy (non-hydrogen) atoms. The molecule has 0 radical (unpaired) electrons. The van der Waals surface area contributed by atoms with Crippen LogP contribution in [0.3, 0.4) is 0 Å². The maximum absolute atomic E-state index is 12.5. The number of rotatable bonds is 3. The van der Waals surface area contributed by atoms with E-state index in [1.54, 1.807) is 12.1 Å². The molecule has 122 valence electrons. The molecule has 0 saturated heterocycles. The van der Waals surface area contributed by atoms with Crippen LogP contribution in [0.5, 0.6) is 0 Å². The molecule has 0 saturated carbocycles. The predicted molar refractivity (Wildman–Crippen MR) is 102 cm³/mol. The zero-order chi connectivity index (χ0) is 17.8. The van der Waals surface area contributed by atoms with Gasteiger partial charge in [-0.25, -0.2) is 0 Å². The molecule has 3 aromatic rings. The summed E-state index contributed by atoms with van der Waals surface area (Å²) in [5.74, 6) is -0.480. The second-order valence-corrected chi connectivity index (χ2v) is 6.03. The lowest BCUT2D eigenvalue weighted by molar-refractivity contribution is -0.112. The molecule has 1 amide bonds. The van der Waals surface area contributed by atoms with Crippen LogP contribution in [0, 0.1) is 18.3 Å². The van der Waals surface area contributed by atoms with Gasteiger partial charge >= 0.3 is 0 Å². The SMILES string of the molecule is Cc1cccc(Cl)c1NC(=O)/C(C#N)=C/c1cccc2ccccc12. The average Bonchev–Trinajstić information content (AvgIpc) is 2.62. The first-order valence-electron chi connectivity index (χ1n) is 7.76. The molecule has 0 aliphatic rings. The van der Waals surface area contributed by atoms with Crippen LogP contribution in [0.15, 0.2) is 66.2 Å². The van der Waals surface area contributed by atoms with E-state index in [4.69, 9.17) is 11.6 Å². The summed E-state index contributed by atoms with van der Waals surface area (Å²) in [5.41, 5.74) is 2.20. The molecule has 0 aliphatic heterocycles. The smallest absolute Gasteiger partial charge is 0.266 e. The van der Waals surface area contributed by atoms with Crippen LogP contribution in [0.2, 0.25) is 5.02 Å². The van der Waals surface area contributed by atoms with Crippen molar-refractivity contribution < 1.29 is 4.79 Å². The Morgan fingerprint density at radius 3 is 2.56 bits per heavy atom. The van der Waals surface area contributed by atoms with Crippen molar-refractivity contribution in [1.82, 2.24) is 0 Å². The molecule has 0 aliphatic carbocycles. The number of nitriles is 1. The summed E-state index contributed by atoms with van der Waals surface area (Å²) < 4.78 is 0. The highest BCUT2D eigenvalue weighted by molar-refractivity contribution is 6.34. The summed E-state index contributed by atoms with van der Waals surface area (Å²) >= 11 is 6.14. The van der Waals surface area contributed by atoms with Crippen LogP contribution in [0.4, 0.5) is 5.69 Å². The Balaban J connectivity index is 1.98. The topological polar surface area (TPSA) is 52.9 Å². The van der Waals surface area contributed by atoms with E-state index in [1.165, 1.54) is 0 Å². The number of hydrogen-bond acceptors (Lipinski definition) is 2. The summed E-state index contributed by atoms with van der Waals surface area (Å²) in [5, 5.41) is 14.6.